The Balaban J connectivity index is 1.63. The topological polar surface area (TPSA) is 99.1 Å². The zero-order valence-corrected chi connectivity index (χ0v) is 15.9. The lowest BCUT2D eigenvalue weighted by atomic mass is 9.87. The van der Waals surface area contributed by atoms with E-state index in [9.17, 15) is 35.2 Å². The van der Waals surface area contributed by atoms with Gasteiger partial charge >= 0.3 is 27.5 Å². The summed E-state index contributed by atoms with van der Waals surface area (Å²) in [5.74, 6) is -3.21. The number of rotatable bonds is 6. The molecule has 2 aliphatic carbocycles. The molecule has 13 heteroatoms. The smallest absolute Gasteiger partial charge is 0.432 e. The van der Waals surface area contributed by atoms with Crippen LogP contribution in [0.2, 0.25) is 0 Å². The summed E-state index contributed by atoms with van der Waals surface area (Å²) >= 11 is 0. The maximum absolute atomic E-state index is 13.6. The van der Waals surface area contributed by atoms with Crippen LogP contribution in [0.1, 0.15) is 38.5 Å². The lowest BCUT2D eigenvalue weighted by molar-refractivity contribution is -0.261. The zero-order valence-electron chi connectivity index (χ0n) is 15.1. The molecular formula is C16H21F5O7S. The summed E-state index contributed by atoms with van der Waals surface area (Å²) in [5, 5.41) is -5.72. The number of esters is 1. The van der Waals surface area contributed by atoms with E-state index in [2.05, 4.69) is 4.74 Å². The highest BCUT2D eigenvalue weighted by Gasteiger charge is 2.66. The minimum absolute atomic E-state index is 0.0862. The third-order valence-corrected chi connectivity index (χ3v) is 6.64. The Bertz CT molecular complexity index is 720. The second kappa shape index (κ2) is 7.89. The van der Waals surface area contributed by atoms with Gasteiger partial charge < -0.3 is 14.2 Å². The standard InChI is InChI=1S/C16H21F5O7S/c17-15(18,19)14(16(20,21)29(23,24)25)28-13(22)10-6-9-5-8(10)7-11(9)27-12-3-1-2-4-26-12/h8-12,14H,1-7H2,(H,23,24,25). The van der Waals surface area contributed by atoms with Gasteiger partial charge in [0.05, 0.1) is 12.0 Å². The number of hydrogen-bond donors (Lipinski definition) is 1. The molecule has 0 aromatic carbocycles. The van der Waals surface area contributed by atoms with Crippen molar-refractivity contribution in [3.05, 3.63) is 0 Å². The van der Waals surface area contributed by atoms with E-state index in [0.717, 1.165) is 19.3 Å². The monoisotopic (exact) mass is 452 g/mol. The summed E-state index contributed by atoms with van der Waals surface area (Å²) < 4.78 is 111. The minimum atomic E-state index is -6.45. The number of alkyl halides is 5. The van der Waals surface area contributed by atoms with Crippen LogP contribution in [0.15, 0.2) is 0 Å². The normalized spacial score (nSPS) is 34.2. The molecule has 1 N–H and O–H groups in total. The Morgan fingerprint density at radius 1 is 1.07 bits per heavy atom. The van der Waals surface area contributed by atoms with Gasteiger partial charge in [0, 0.05) is 6.61 Å². The highest BCUT2D eigenvalue weighted by Crippen LogP contribution is 2.51. The van der Waals surface area contributed by atoms with Crippen molar-refractivity contribution in [2.24, 2.45) is 17.8 Å². The van der Waals surface area contributed by atoms with E-state index in [4.69, 9.17) is 14.0 Å². The first-order valence-corrected chi connectivity index (χ1v) is 10.6. The highest BCUT2D eigenvalue weighted by atomic mass is 32.2. The molecule has 1 heterocycles. The summed E-state index contributed by atoms with van der Waals surface area (Å²) in [6.45, 7) is 0.571. The molecule has 0 aromatic heterocycles. The molecule has 3 rings (SSSR count). The Kier molecular flexibility index (Phi) is 6.16. The average molecular weight is 452 g/mol. The molecule has 3 aliphatic rings. The van der Waals surface area contributed by atoms with Crippen LogP contribution in [0.3, 0.4) is 0 Å². The van der Waals surface area contributed by atoms with E-state index >= 15 is 0 Å². The van der Waals surface area contributed by atoms with E-state index in [1.807, 2.05) is 0 Å². The van der Waals surface area contributed by atoms with Crippen molar-refractivity contribution in [2.75, 3.05) is 6.61 Å². The molecule has 7 nitrogen and oxygen atoms in total. The summed E-state index contributed by atoms with van der Waals surface area (Å²) in [6, 6.07) is 0. The van der Waals surface area contributed by atoms with Gasteiger partial charge in [-0.15, -0.1) is 0 Å². The molecule has 0 radical (unpaired) electrons. The van der Waals surface area contributed by atoms with E-state index in [0.29, 0.717) is 19.4 Å². The second-order valence-corrected chi connectivity index (χ2v) is 9.19. The minimum Gasteiger partial charge on any atom is -0.444 e. The Morgan fingerprint density at radius 3 is 2.24 bits per heavy atom. The lowest BCUT2D eigenvalue weighted by Crippen LogP contribution is -2.53. The third-order valence-electron chi connectivity index (χ3n) is 5.74. The molecule has 0 amide bonds. The van der Waals surface area contributed by atoms with Crippen LogP contribution < -0.4 is 0 Å². The van der Waals surface area contributed by atoms with Gasteiger partial charge in [-0.2, -0.15) is 30.4 Å². The van der Waals surface area contributed by atoms with Crippen LogP contribution in [0, 0.1) is 17.8 Å². The number of ether oxygens (including phenoxy) is 3. The van der Waals surface area contributed by atoms with Gasteiger partial charge in [0.15, 0.2) is 6.29 Å². The molecule has 3 fully saturated rings. The molecule has 2 bridgehead atoms. The van der Waals surface area contributed by atoms with Crippen molar-refractivity contribution in [1.29, 1.82) is 0 Å². The van der Waals surface area contributed by atoms with Gasteiger partial charge in [0.1, 0.15) is 0 Å². The first-order valence-electron chi connectivity index (χ1n) is 9.20. The SMILES string of the molecule is O=C(OC(C(F)(F)F)C(F)(F)S(=O)(=O)O)C1CC2CC1CC2OC1CCCCO1. The third kappa shape index (κ3) is 4.67. The first kappa shape index (κ1) is 22.6. The molecule has 2 saturated carbocycles. The van der Waals surface area contributed by atoms with Gasteiger partial charge in [-0.3, -0.25) is 9.35 Å². The van der Waals surface area contributed by atoms with Gasteiger partial charge in [-0.05, 0) is 50.4 Å². The fourth-order valence-corrected chi connectivity index (χ4v) is 4.81. The molecular weight excluding hydrogens is 431 g/mol. The molecule has 1 saturated heterocycles. The quantitative estimate of drug-likeness (QED) is 0.376. The predicted molar refractivity (Wildman–Crippen MR) is 85.2 cm³/mol. The predicted octanol–water partition coefficient (Wildman–Crippen LogP) is 2.90. The summed E-state index contributed by atoms with van der Waals surface area (Å²) in [7, 11) is -6.45. The lowest BCUT2D eigenvalue weighted by Gasteiger charge is -2.33. The van der Waals surface area contributed by atoms with Gasteiger partial charge in [-0.25, -0.2) is 0 Å². The van der Waals surface area contributed by atoms with Gasteiger partial charge in [0.2, 0.25) is 0 Å². The summed E-state index contributed by atoms with van der Waals surface area (Å²) in [5.41, 5.74) is 0. The molecule has 0 spiro atoms. The molecule has 29 heavy (non-hydrogen) atoms. The van der Waals surface area contributed by atoms with Crippen LogP contribution in [-0.4, -0.2) is 55.5 Å². The van der Waals surface area contributed by atoms with E-state index in [-0.39, 0.29) is 24.7 Å². The van der Waals surface area contributed by atoms with E-state index in [1.165, 1.54) is 0 Å². The molecule has 6 unspecified atom stereocenters. The number of fused-ring (bicyclic) bond motifs is 2. The fourth-order valence-electron chi connectivity index (χ4n) is 4.36. The maximum Gasteiger partial charge on any atom is 0.432 e. The summed E-state index contributed by atoms with van der Waals surface area (Å²) in [4.78, 5) is 12.2. The van der Waals surface area contributed by atoms with Crippen molar-refractivity contribution in [2.45, 2.75) is 68.5 Å². The maximum atomic E-state index is 13.6. The van der Waals surface area contributed by atoms with Crippen molar-refractivity contribution < 1.29 is 53.9 Å². The van der Waals surface area contributed by atoms with Gasteiger partial charge in [-0.1, -0.05) is 0 Å². The molecule has 0 aromatic rings. The van der Waals surface area contributed by atoms with Crippen LogP contribution in [0.25, 0.3) is 0 Å². The second-order valence-electron chi connectivity index (χ2n) is 7.70. The van der Waals surface area contributed by atoms with Crippen molar-refractivity contribution in [3.8, 4) is 0 Å². The Morgan fingerprint density at radius 2 is 1.76 bits per heavy atom. The summed E-state index contributed by atoms with van der Waals surface area (Å²) in [6.07, 6.45) is -7.32. The Hall–Kier alpha value is -1.05. The molecule has 1 aliphatic heterocycles. The van der Waals surface area contributed by atoms with Crippen LogP contribution in [0.5, 0.6) is 0 Å². The van der Waals surface area contributed by atoms with Gasteiger partial charge in [0.25, 0.3) is 6.10 Å². The van der Waals surface area contributed by atoms with Crippen LogP contribution >= 0.6 is 0 Å². The first-order chi connectivity index (χ1) is 13.3. The highest BCUT2D eigenvalue weighted by molar-refractivity contribution is 7.86. The van der Waals surface area contributed by atoms with Crippen LogP contribution in [0.4, 0.5) is 22.0 Å². The molecule has 6 atom stereocenters. The number of carbonyl (C=O) groups is 1. The number of halogens is 5. The molecule has 168 valence electrons. The van der Waals surface area contributed by atoms with Crippen LogP contribution in [-0.2, 0) is 29.1 Å². The number of carbonyl (C=O) groups excluding carboxylic acids is 1. The van der Waals surface area contributed by atoms with Crippen molar-refractivity contribution in [1.82, 2.24) is 0 Å². The average Bonchev–Trinajstić information content (AvgIpc) is 3.18. The van der Waals surface area contributed by atoms with E-state index in [1.54, 1.807) is 0 Å². The zero-order chi connectivity index (χ0) is 21.6. The van der Waals surface area contributed by atoms with Crippen molar-refractivity contribution >= 4 is 16.1 Å². The Labute approximate surface area is 163 Å². The number of hydrogen-bond acceptors (Lipinski definition) is 6. The largest absolute Gasteiger partial charge is 0.444 e. The van der Waals surface area contributed by atoms with E-state index < -0.39 is 45.5 Å². The fraction of sp³-hybridized carbons (Fsp3) is 0.938. The van der Waals surface area contributed by atoms with Crippen molar-refractivity contribution in [3.63, 3.8) is 0 Å².